The molecule has 0 unspecified atom stereocenters. The summed E-state index contributed by atoms with van der Waals surface area (Å²) in [7, 11) is -2.78. The van der Waals surface area contributed by atoms with E-state index in [-0.39, 0.29) is 21.7 Å². The summed E-state index contributed by atoms with van der Waals surface area (Å²) in [5.74, 6) is -4.48. The lowest BCUT2D eigenvalue weighted by molar-refractivity contribution is -0.137. The van der Waals surface area contributed by atoms with E-state index < -0.39 is 44.9 Å². The van der Waals surface area contributed by atoms with Gasteiger partial charge in [0.05, 0.1) is 28.3 Å². The zero-order valence-corrected chi connectivity index (χ0v) is 20.6. The van der Waals surface area contributed by atoms with Gasteiger partial charge in [-0.2, -0.15) is 27.1 Å². The van der Waals surface area contributed by atoms with Crippen LogP contribution < -0.4 is 5.32 Å². The zero-order valence-electron chi connectivity index (χ0n) is 19.8. The van der Waals surface area contributed by atoms with E-state index in [0.717, 1.165) is 25.2 Å². The molecule has 3 aromatic rings. The molecule has 1 atom stereocenters. The minimum absolute atomic E-state index is 0.201. The Morgan fingerprint density at radius 1 is 0.972 bits per heavy atom. The molecular weight excluding hydrogens is 503 g/mol. The van der Waals surface area contributed by atoms with Crippen molar-refractivity contribution in [2.24, 2.45) is 4.36 Å². The van der Waals surface area contributed by atoms with Crippen molar-refractivity contribution < 1.29 is 31.0 Å². The van der Waals surface area contributed by atoms with Gasteiger partial charge in [0, 0.05) is 12.6 Å². The number of hydrogen-bond donors (Lipinski definition) is 1. The first-order valence-corrected chi connectivity index (χ1v) is 12.1. The van der Waals surface area contributed by atoms with Gasteiger partial charge in [0.15, 0.2) is 5.03 Å². The fourth-order valence-electron chi connectivity index (χ4n) is 3.76. The fourth-order valence-corrected chi connectivity index (χ4v) is 5.52. The highest BCUT2D eigenvalue weighted by atomic mass is 32.2. The molecule has 0 saturated heterocycles. The maximum absolute atomic E-state index is 15.0. The fraction of sp³-hybridized carbons (Fsp3) is 0.292. The molecule has 0 aliphatic heterocycles. The topological polar surface area (TPSA) is 84.3 Å². The lowest BCUT2D eigenvalue weighted by Crippen LogP contribution is -2.36. The smallest absolute Gasteiger partial charge is 0.346 e. The average molecular weight is 527 g/mol. The van der Waals surface area contributed by atoms with E-state index in [1.807, 2.05) is 0 Å². The summed E-state index contributed by atoms with van der Waals surface area (Å²) >= 11 is 0. The molecule has 0 bridgehead atoms. The van der Waals surface area contributed by atoms with Gasteiger partial charge in [-0.05, 0) is 56.2 Å². The number of rotatable bonds is 6. The van der Waals surface area contributed by atoms with Gasteiger partial charge in [-0.1, -0.05) is 24.3 Å². The summed E-state index contributed by atoms with van der Waals surface area (Å²) in [5, 5.41) is 9.18. The van der Waals surface area contributed by atoms with Crippen molar-refractivity contribution in [2.75, 3.05) is 13.6 Å². The van der Waals surface area contributed by atoms with E-state index in [1.54, 1.807) is 6.07 Å². The second-order valence-corrected chi connectivity index (χ2v) is 10.4. The Morgan fingerprint density at radius 3 is 2.17 bits per heavy atom. The van der Waals surface area contributed by atoms with Gasteiger partial charge in [0.1, 0.15) is 9.73 Å². The van der Waals surface area contributed by atoms with Gasteiger partial charge < -0.3 is 5.32 Å². The van der Waals surface area contributed by atoms with Crippen molar-refractivity contribution >= 4 is 15.6 Å². The number of aryl methyl sites for hydroxylation is 3. The number of halogens is 5. The molecule has 0 saturated carbocycles. The van der Waals surface area contributed by atoms with E-state index in [4.69, 9.17) is 0 Å². The normalized spacial score (nSPS) is 13.7. The van der Waals surface area contributed by atoms with E-state index >= 15 is 8.78 Å². The Kier molecular flexibility index (Phi) is 7.49. The largest absolute Gasteiger partial charge is 0.416 e. The summed E-state index contributed by atoms with van der Waals surface area (Å²) in [6.45, 7) is 3.44. The second-order valence-electron chi connectivity index (χ2n) is 8.09. The maximum atomic E-state index is 15.0. The number of benzene rings is 2. The number of hydrogen-bond acceptors (Lipinski definition) is 5. The van der Waals surface area contributed by atoms with Crippen molar-refractivity contribution in [3.8, 4) is 0 Å². The van der Waals surface area contributed by atoms with Crippen LogP contribution in [0.15, 0.2) is 62.8 Å². The minimum atomic E-state index is -4.72. The minimum Gasteiger partial charge on any atom is -0.346 e. The molecule has 6 nitrogen and oxygen atoms in total. The van der Waals surface area contributed by atoms with Crippen LogP contribution in [0.25, 0.3) is 0 Å². The molecule has 1 aromatic heterocycles. The molecule has 0 fully saturated rings. The first-order valence-electron chi connectivity index (χ1n) is 10.6. The second kappa shape index (κ2) is 9.92. The summed E-state index contributed by atoms with van der Waals surface area (Å²) in [4.78, 5) is 12.7. The first kappa shape index (κ1) is 27.2. The standard InChI is InChI=1S/C24H23F5N4O2S/c1-14-7-5-8-15(2)20(14)23(25,26)13-31-21(34)19-11-16(3)32-33-22(19)36(35,30-4)18-10-6-9-17(12-18)24(27,28)29/h5-12H,13H2,1-4H3,(H,31,34)/t36-/m0/s1. The summed E-state index contributed by atoms with van der Waals surface area (Å²) in [6.07, 6.45) is -4.72. The van der Waals surface area contributed by atoms with Crippen molar-refractivity contribution in [1.29, 1.82) is 0 Å². The molecule has 3 rings (SSSR count). The predicted octanol–water partition coefficient (Wildman–Crippen LogP) is 5.46. The van der Waals surface area contributed by atoms with Crippen LogP contribution in [0.2, 0.25) is 0 Å². The molecule has 0 radical (unpaired) electrons. The number of carbonyl (C=O) groups excluding carboxylic acids is 1. The van der Waals surface area contributed by atoms with Gasteiger partial charge in [0.25, 0.3) is 11.8 Å². The van der Waals surface area contributed by atoms with Crippen LogP contribution in [-0.4, -0.2) is 33.9 Å². The van der Waals surface area contributed by atoms with Gasteiger partial charge in [-0.25, -0.2) is 8.57 Å². The van der Waals surface area contributed by atoms with E-state index in [2.05, 4.69) is 19.9 Å². The molecular formula is C24H23F5N4O2S. The molecule has 1 N–H and O–H groups in total. The van der Waals surface area contributed by atoms with Crippen LogP contribution in [0.4, 0.5) is 22.0 Å². The highest BCUT2D eigenvalue weighted by Crippen LogP contribution is 2.34. The van der Waals surface area contributed by atoms with E-state index in [0.29, 0.717) is 17.2 Å². The molecule has 0 aliphatic carbocycles. The quantitative estimate of drug-likeness (QED) is 0.433. The average Bonchev–Trinajstić information content (AvgIpc) is 2.81. The Hall–Kier alpha value is -3.41. The number of nitrogens with one attached hydrogen (secondary N) is 1. The van der Waals surface area contributed by atoms with Crippen molar-refractivity contribution in [3.63, 3.8) is 0 Å². The third-order valence-electron chi connectivity index (χ3n) is 5.44. The van der Waals surface area contributed by atoms with Gasteiger partial charge in [-0.3, -0.25) is 4.79 Å². The van der Waals surface area contributed by atoms with Gasteiger partial charge in [0.2, 0.25) is 0 Å². The summed E-state index contributed by atoms with van der Waals surface area (Å²) < 4.78 is 87.4. The lowest BCUT2D eigenvalue weighted by atomic mass is 9.97. The van der Waals surface area contributed by atoms with Crippen LogP contribution in [0, 0.1) is 20.8 Å². The lowest BCUT2D eigenvalue weighted by Gasteiger charge is -2.22. The number of amides is 1. The molecule has 0 spiro atoms. The molecule has 2 aromatic carbocycles. The summed E-state index contributed by atoms with van der Waals surface area (Å²) in [6, 6.07) is 9.51. The van der Waals surface area contributed by atoms with Gasteiger partial charge >= 0.3 is 6.18 Å². The molecule has 36 heavy (non-hydrogen) atoms. The molecule has 0 aliphatic rings. The number of aromatic nitrogens is 2. The molecule has 1 heterocycles. The van der Waals surface area contributed by atoms with Crippen LogP contribution >= 0.6 is 0 Å². The SMILES string of the molecule is CN=[S@](=O)(c1cccc(C(F)(F)F)c1)c1nnc(C)cc1C(=O)NCC(F)(F)c1c(C)cccc1C. The molecule has 192 valence electrons. The van der Waals surface area contributed by atoms with Crippen molar-refractivity contribution in [1.82, 2.24) is 15.5 Å². The van der Waals surface area contributed by atoms with Crippen molar-refractivity contribution in [3.05, 3.63) is 82.0 Å². The third kappa shape index (κ3) is 5.38. The van der Waals surface area contributed by atoms with E-state index in [9.17, 15) is 22.2 Å². The van der Waals surface area contributed by atoms with E-state index in [1.165, 1.54) is 39.0 Å². The number of carbonyl (C=O) groups is 1. The maximum Gasteiger partial charge on any atom is 0.416 e. The van der Waals surface area contributed by atoms with Crippen LogP contribution in [-0.2, 0) is 21.8 Å². The number of nitrogens with zero attached hydrogens (tertiary/aromatic N) is 3. The molecule has 12 heteroatoms. The van der Waals surface area contributed by atoms with Crippen LogP contribution in [0.5, 0.6) is 0 Å². The highest BCUT2D eigenvalue weighted by molar-refractivity contribution is 7.93. The van der Waals surface area contributed by atoms with Crippen molar-refractivity contribution in [2.45, 2.75) is 42.8 Å². The Morgan fingerprint density at radius 2 is 1.58 bits per heavy atom. The van der Waals surface area contributed by atoms with Crippen LogP contribution in [0.1, 0.15) is 38.3 Å². The highest BCUT2D eigenvalue weighted by Gasteiger charge is 2.36. The summed E-state index contributed by atoms with van der Waals surface area (Å²) in [5.41, 5.74) is -0.802. The Bertz CT molecular complexity index is 1410. The first-order chi connectivity index (χ1) is 16.7. The number of alkyl halides is 5. The van der Waals surface area contributed by atoms with Gasteiger partial charge in [-0.15, -0.1) is 5.10 Å². The predicted molar refractivity (Wildman–Crippen MR) is 123 cm³/mol. The Balaban J connectivity index is 2.03. The molecule has 1 amide bonds. The van der Waals surface area contributed by atoms with Crippen LogP contribution in [0.3, 0.4) is 0 Å². The Labute approximate surface area is 205 Å². The third-order valence-corrected chi connectivity index (χ3v) is 7.68. The zero-order chi connectivity index (χ0) is 26.9. The monoisotopic (exact) mass is 526 g/mol.